The molecule has 1 rings (SSSR count). The molecule has 6 heteroatoms. The van der Waals surface area contributed by atoms with E-state index < -0.39 is 10.0 Å². The quantitative estimate of drug-likeness (QED) is 0.628. The van der Waals surface area contributed by atoms with Crippen molar-refractivity contribution in [3.63, 3.8) is 0 Å². The molecule has 0 saturated carbocycles. The molecule has 0 bridgehead atoms. The van der Waals surface area contributed by atoms with Crippen molar-refractivity contribution in [3.05, 3.63) is 0 Å². The molecule has 0 aliphatic carbocycles. The molecule has 16 heavy (non-hydrogen) atoms. The minimum absolute atomic E-state index is 0.0964. The van der Waals surface area contributed by atoms with Gasteiger partial charge in [-0.05, 0) is 25.8 Å². The highest BCUT2D eigenvalue weighted by Gasteiger charge is 2.21. The molecule has 0 radical (unpaired) electrons. The topological polar surface area (TPSA) is 67.4 Å². The van der Waals surface area contributed by atoms with Gasteiger partial charge in [0.2, 0.25) is 10.0 Å². The SMILES string of the molecule is CCNCCNS(=O)(=O)CC1CCCCO1. The fraction of sp³-hybridized carbons (Fsp3) is 1.00. The second-order valence-corrected chi connectivity index (χ2v) is 5.87. The molecule has 0 amide bonds. The van der Waals surface area contributed by atoms with Crippen LogP contribution < -0.4 is 10.0 Å². The fourth-order valence-corrected chi connectivity index (χ4v) is 3.00. The van der Waals surface area contributed by atoms with Crippen LogP contribution in [0.15, 0.2) is 0 Å². The Balaban J connectivity index is 2.22. The summed E-state index contributed by atoms with van der Waals surface area (Å²) < 4.78 is 31.3. The molecule has 96 valence electrons. The van der Waals surface area contributed by atoms with E-state index in [1.807, 2.05) is 6.92 Å². The highest BCUT2D eigenvalue weighted by Crippen LogP contribution is 2.13. The minimum Gasteiger partial charge on any atom is -0.377 e. The first kappa shape index (κ1) is 13.9. The molecule has 0 aromatic rings. The first-order valence-electron chi connectivity index (χ1n) is 5.93. The fourth-order valence-electron chi connectivity index (χ4n) is 1.71. The lowest BCUT2D eigenvalue weighted by Gasteiger charge is -2.22. The molecule has 1 fully saturated rings. The van der Waals surface area contributed by atoms with Gasteiger partial charge in [0.1, 0.15) is 0 Å². The normalized spacial score (nSPS) is 22.2. The summed E-state index contributed by atoms with van der Waals surface area (Å²) in [5.41, 5.74) is 0. The smallest absolute Gasteiger partial charge is 0.214 e. The van der Waals surface area contributed by atoms with Gasteiger partial charge in [0.05, 0.1) is 11.9 Å². The molecule has 1 unspecified atom stereocenters. The van der Waals surface area contributed by atoms with Crippen LogP contribution in [0.5, 0.6) is 0 Å². The lowest BCUT2D eigenvalue weighted by Crippen LogP contribution is -2.38. The van der Waals surface area contributed by atoms with E-state index >= 15 is 0 Å². The molecule has 0 aromatic carbocycles. The van der Waals surface area contributed by atoms with Crippen LogP contribution in [0.4, 0.5) is 0 Å². The minimum atomic E-state index is -3.18. The Morgan fingerprint density at radius 3 is 2.75 bits per heavy atom. The monoisotopic (exact) mass is 250 g/mol. The number of rotatable bonds is 7. The van der Waals surface area contributed by atoms with Crippen molar-refractivity contribution in [3.8, 4) is 0 Å². The zero-order chi connectivity index (χ0) is 11.9. The van der Waals surface area contributed by atoms with Crippen LogP contribution in [0.3, 0.4) is 0 Å². The van der Waals surface area contributed by atoms with E-state index in [4.69, 9.17) is 4.74 Å². The molecule has 1 aliphatic rings. The van der Waals surface area contributed by atoms with E-state index in [0.29, 0.717) is 19.7 Å². The third-order valence-electron chi connectivity index (χ3n) is 2.55. The van der Waals surface area contributed by atoms with Gasteiger partial charge in [0.15, 0.2) is 0 Å². The molecule has 5 nitrogen and oxygen atoms in total. The average Bonchev–Trinajstić information content (AvgIpc) is 2.25. The van der Waals surface area contributed by atoms with Crippen molar-refractivity contribution in [2.75, 3.05) is 32.0 Å². The first-order valence-corrected chi connectivity index (χ1v) is 7.59. The Morgan fingerprint density at radius 1 is 1.31 bits per heavy atom. The number of sulfonamides is 1. The molecule has 0 aromatic heterocycles. The van der Waals surface area contributed by atoms with Gasteiger partial charge in [0.25, 0.3) is 0 Å². The summed E-state index contributed by atoms with van der Waals surface area (Å²) in [6.07, 6.45) is 2.85. The number of hydrogen-bond donors (Lipinski definition) is 2. The standard InChI is InChI=1S/C10H22N2O3S/c1-2-11-6-7-12-16(13,14)9-10-5-3-4-8-15-10/h10-12H,2-9H2,1H3. The van der Waals surface area contributed by atoms with Crippen LogP contribution in [0.1, 0.15) is 26.2 Å². The summed E-state index contributed by atoms with van der Waals surface area (Å²) in [6, 6.07) is 0. The maximum atomic E-state index is 11.6. The molecule has 1 aliphatic heterocycles. The van der Waals surface area contributed by atoms with E-state index in [1.54, 1.807) is 0 Å². The van der Waals surface area contributed by atoms with E-state index in [9.17, 15) is 8.42 Å². The second kappa shape index (κ2) is 7.21. The lowest BCUT2D eigenvalue weighted by atomic mass is 10.1. The van der Waals surface area contributed by atoms with Crippen molar-refractivity contribution in [2.24, 2.45) is 0 Å². The van der Waals surface area contributed by atoms with Gasteiger partial charge in [-0.25, -0.2) is 13.1 Å². The Bertz CT molecular complexity index is 274. The van der Waals surface area contributed by atoms with Crippen LogP contribution in [0.25, 0.3) is 0 Å². The van der Waals surface area contributed by atoms with E-state index in [0.717, 1.165) is 25.8 Å². The second-order valence-electron chi connectivity index (χ2n) is 4.02. The van der Waals surface area contributed by atoms with E-state index in [2.05, 4.69) is 10.0 Å². The Hall–Kier alpha value is -0.170. The zero-order valence-corrected chi connectivity index (χ0v) is 10.7. The van der Waals surface area contributed by atoms with Gasteiger partial charge < -0.3 is 10.1 Å². The van der Waals surface area contributed by atoms with Gasteiger partial charge in [0, 0.05) is 19.7 Å². The largest absolute Gasteiger partial charge is 0.377 e. The molecule has 2 N–H and O–H groups in total. The Kier molecular flexibility index (Phi) is 6.26. The van der Waals surface area contributed by atoms with E-state index in [1.165, 1.54) is 0 Å². The Morgan fingerprint density at radius 2 is 2.12 bits per heavy atom. The molecular weight excluding hydrogens is 228 g/mol. The molecule has 0 spiro atoms. The first-order chi connectivity index (χ1) is 7.64. The molecule has 1 heterocycles. The summed E-state index contributed by atoms with van der Waals surface area (Å²) in [6.45, 7) is 4.65. The molecular formula is C10H22N2O3S. The van der Waals surface area contributed by atoms with Gasteiger partial charge in [-0.1, -0.05) is 6.92 Å². The number of nitrogens with one attached hydrogen (secondary N) is 2. The van der Waals surface area contributed by atoms with E-state index in [-0.39, 0.29) is 11.9 Å². The van der Waals surface area contributed by atoms with Crippen LogP contribution in [0, 0.1) is 0 Å². The summed E-state index contributed by atoms with van der Waals surface area (Å²) in [4.78, 5) is 0. The van der Waals surface area contributed by atoms with Crippen molar-refractivity contribution >= 4 is 10.0 Å². The van der Waals surface area contributed by atoms with Crippen LogP contribution in [-0.2, 0) is 14.8 Å². The highest BCUT2D eigenvalue weighted by atomic mass is 32.2. The van der Waals surface area contributed by atoms with Crippen molar-refractivity contribution in [2.45, 2.75) is 32.3 Å². The van der Waals surface area contributed by atoms with Gasteiger partial charge >= 0.3 is 0 Å². The predicted molar refractivity (Wildman–Crippen MR) is 63.9 cm³/mol. The van der Waals surface area contributed by atoms with Crippen molar-refractivity contribution in [1.82, 2.24) is 10.0 Å². The summed E-state index contributed by atoms with van der Waals surface area (Å²) in [5, 5.41) is 3.07. The summed E-state index contributed by atoms with van der Waals surface area (Å²) in [7, 11) is -3.18. The third kappa shape index (κ3) is 5.79. The number of hydrogen-bond acceptors (Lipinski definition) is 4. The summed E-state index contributed by atoms with van der Waals surface area (Å²) >= 11 is 0. The average molecular weight is 250 g/mol. The lowest BCUT2D eigenvalue weighted by molar-refractivity contribution is 0.0304. The maximum absolute atomic E-state index is 11.6. The maximum Gasteiger partial charge on any atom is 0.214 e. The zero-order valence-electron chi connectivity index (χ0n) is 9.87. The predicted octanol–water partition coefficient (Wildman–Crippen LogP) is 0.0844. The van der Waals surface area contributed by atoms with Gasteiger partial charge in [-0.15, -0.1) is 0 Å². The molecule has 1 saturated heterocycles. The third-order valence-corrected chi connectivity index (χ3v) is 4.01. The van der Waals surface area contributed by atoms with Crippen LogP contribution in [-0.4, -0.2) is 46.5 Å². The number of ether oxygens (including phenoxy) is 1. The van der Waals surface area contributed by atoms with Gasteiger partial charge in [-0.2, -0.15) is 0 Å². The van der Waals surface area contributed by atoms with Crippen molar-refractivity contribution in [1.29, 1.82) is 0 Å². The number of likely N-dealkylation sites (N-methyl/N-ethyl adjacent to an activating group) is 1. The summed E-state index contributed by atoms with van der Waals surface area (Å²) in [5.74, 6) is 0.0964. The van der Waals surface area contributed by atoms with Crippen LogP contribution in [0.2, 0.25) is 0 Å². The Labute approximate surface area is 98.0 Å². The van der Waals surface area contributed by atoms with Crippen molar-refractivity contribution < 1.29 is 13.2 Å². The van der Waals surface area contributed by atoms with Crippen LogP contribution >= 0.6 is 0 Å². The molecule has 1 atom stereocenters. The van der Waals surface area contributed by atoms with Gasteiger partial charge in [-0.3, -0.25) is 0 Å². The highest BCUT2D eigenvalue weighted by molar-refractivity contribution is 7.89.